The molecule has 1 atom stereocenters. The average molecular weight is 318 g/mol. The van der Waals surface area contributed by atoms with E-state index in [1.165, 1.54) is 0 Å². The summed E-state index contributed by atoms with van der Waals surface area (Å²) in [6.07, 6.45) is -0.378. The fourth-order valence-electron chi connectivity index (χ4n) is 2.52. The molecule has 126 valence electrons. The SMILES string of the molecule is Cc1[nH]c2ccccc2c1CC(=O)NCC(O)COCC(C)C. The normalized spacial score (nSPS) is 12.7. The Morgan fingerprint density at radius 1 is 1.30 bits per heavy atom. The number of nitrogens with one attached hydrogen (secondary N) is 2. The highest BCUT2D eigenvalue weighted by Gasteiger charge is 2.13. The molecule has 1 heterocycles. The van der Waals surface area contributed by atoms with E-state index in [9.17, 15) is 9.90 Å². The summed E-state index contributed by atoms with van der Waals surface area (Å²) in [5.74, 6) is 0.336. The monoisotopic (exact) mass is 318 g/mol. The van der Waals surface area contributed by atoms with E-state index in [0.29, 0.717) is 18.9 Å². The molecule has 0 fully saturated rings. The van der Waals surface area contributed by atoms with Gasteiger partial charge in [0.05, 0.1) is 19.1 Å². The van der Waals surface area contributed by atoms with Crippen LogP contribution in [0.25, 0.3) is 10.9 Å². The van der Waals surface area contributed by atoms with E-state index in [1.807, 2.05) is 31.2 Å². The fourth-order valence-corrected chi connectivity index (χ4v) is 2.52. The lowest BCUT2D eigenvalue weighted by atomic mass is 10.1. The van der Waals surface area contributed by atoms with Crippen LogP contribution in [0.5, 0.6) is 0 Å². The molecule has 1 aromatic carbocycles. The van der Waals surface area contributed by atoms with Crippen molar-refractivity contribution in [1.29, 1.82) is 0 Å². The summed E-state index contributed by atoms with van der Waals surface area (Å²) in [5, 5.41) is 13.7. The van der Waals surface area contributed by atoms with Crippen LogP contribution in [0.3, 0.4) is 0 Å². The zero-order valence-electron chi connectivity index (χ0n) is 14.1. The Morgan fingerprint density at radius 3 is 2.78 bits per heavy atom. The quantitative estimate of drug-likeness (QED) is 0.698. The van der Waals surface area contributed by atoms with Gasteiger partial charge in [-0.2, -0.15) is 0 Å². The number of amides is 1. The molecule has 2 rings (SSSR count). The van der Waals surface area contributed by atoms with Crippen LogP contribution in [0.4, 0.5) is 0 Å². The number of aliphatic hydroxyl groups is 1. The molecule has 1 amide bonds. The number of para-hydroxylation sites is 1. The molecule has 0 aliphatic heterocycles. The Balaban J connectivity index is 1.83. The van der Waals surface area contributed by atoms with Gasteiger partial charge in [-0.05, 0) is 24.5 Å². The second kappa shape index (κ2) is 8.13. The minimum absolute atomic E-state index is 0.0965. The minimum atomic E-state index is -0.679. The van der Waals surface area contributed by atoms with Crippen molar-refractivity contribution in [2.24, 2.45) is 5.92 Å². The molecule has 0 saturated carbocycles. The largest absolute Gasteiger partial charge is 0.389 e. The van der Waals surface area contributed by atoms with E-state index in [2.05, 4.69) is 24.1 Å². The molecule has 5 nitrogen and oxygen atoms in total. The third-order valence-electron chi connectivity index (χ3n) is 3.66. The summed E-state index contributed by atoms with van der Waals surface area (Å²) in [6.45, 7) is 7.13. The Bertz CT molecular complexity index is 649. The number of aromatic amines is 1. The molecule has 0 aliphatic rings. The molecule has 0 bridgehead atoms. The second-order valence-corrected chi connectivity index (χ2v) is 6.34. The van der Waals surface area contributed by atoms with Gasteiger partial charge in [0.1, 0.15) is 0 Å². The topological polar surface area (TPSA) is 74.4 Å². The van der Waals surface area contributed by atoms with E-state index in [-0.39, 0.29) is 19.1 Å². The van der Waals surface area contributed by atoms with Gasteiger partial charge in [0.2, 0.25) is 5.91 Å². The molecule has 23 heavy (non-hydrogen) atoms. The van der Waals surface area contributed by atoms with E-state index in [0.717, 1.165) is 22.2 Å². The molecule has 0 saturated heterocycles. The summed E-state index contributed by atoms with van der Waals surface area (Å²) in [5.41, 5.74) is 3.04. The van der Waals surface area contributed by atoms with Crippen molar-refractivity contribution in [3.63, 3.8) is 0 Å². The van der Waals surface area contributed by atoms with Gasteiger partial charge in [0, 0.05) is 29.7 Å². The maximum atomic E-state index is 12.1. The molecule has 5 heteroatoms. The van der Waals surface area contributed by atoms with Crippen LogP contribution in [-0.4, -0.2) is 41.9 Å². The van der Waals surface area contributed by atoms with Crippen LogP contribution >= 0.6 is 0 Å². The number of H-pyrrole nitrogens is 1. The third kappa shape index (κ3) is 5.08. The van der Waals surface area contributed by atoms with Crippen LogP contribution < -0.4 is 5.32 Å². The lowest BCUT2D eigenvalue weighted by molar-refractivity contribution is -0.121. The Hall–Kier alpha value is -1.85. The summed E-state index contributed by atoms with van der Waals surface area (Å²) in [4.78, 5) is 15.4. The summed E-state index contributed by atoms with van der Waals surface area (Å²) < 4.78 is 5.37. The fraction of sp³-hybridized carbons (Fsp3) is 0.500. The number of rotatable bonds is 8. The van der Waals surface area contributed by atoms with E-state index < -0.39 is 6.10 Å². The zero-order chi connectivity index (χ0) is 16.8. The molecule has 2 aromatic rings. The Kier molecular flexibility index (Phi) is 6.19. The highest BCUT2D eigenvalue weighted by molar-refractivity contribution is 5.90. The number of aromatic nitrogens is 1. The molecule has 0 spiro atoms. The van der Waals surface area contributed by atoms with Gasteiger partial charge in [-0.3, -0.25) is 4.79 Å². The minimum Gasteiger partial charge on any atom is -0.389 e. The van der Waals surface area contributed by atoms with Crippen molar-refractivity contribution in [3.8, 4) is 0 Å². The molecule has 1 unspecified atom stereocenters. The third-order valence-corrected chi connectivity index (χ3v) is 3.66. The van der Waals surface area contributed by atoms with Crippen molar-refractivity contribution < 1.29 is 14.6 Å². The number of carbonyl (C=O) groups is 1. The van der Waals surface area contributed by atoms with Crippen LogP contribution in [0.15, 0.2) is 24.3 Å². The van der Waals surface area contributed by atoms with Gasteiger partial charge in [-0.25, -0.2) is 0 Å². The maximum Gasteiger partial charge on any atom is 0.224 e. The summed E-state index contributed by atoms with van der Waals surface area (Å²) in [7, 11) is 0. The van der Waals surface area contributed by atoms with Gasteiger partial charge in [0.15, 0.2) is 0 Å². The number of hydrogen-bond acceptors (Lipinski definition) is 3. The van der Waals surface area contributed by atoms with Crippen molar-refractivity contribution in [2.75, 3.05) is 19.8 Å². The molecule has 0 radical (unpaired) electrons. The first-order valence-electron chi connectivity index (χ1n) is 8.06. The predicted molar refractivity (Wildman–Crippen MR) is 91.4 cm³/mol. The van der Waals surface area contributed by atoms with Crippen LogP contribution in [0, 0.1) is 12.8 Å². The first-order chi connectivity index (χ1) is 11.0. The van der Waals surface area contributed by atoms with Crippen LogP contribution in [0.1, 0.15) is 25.1 Å². The number of aryl methyl sites for hydroxylation is 1. The van der Waals surface area contributed by atoms with Crippen LogP contribution in [0.2, 0.25) is 0 Å². The smallest absolute Gasteiger partial charge is 0.224 e. The number of hydrogen-bond donors (Lipinski definition) is 3. The zero-order valence-corrected chi connectivity index (χ0v) is 14.1. The van der Waals surface area contributed by atoms with E-state index >= 15 is 0 Å². The molecule has 1 aromatic heterocycles. The molecule has 3 N–H and O–H groups in total. The van der Waals surface area contributed by atoms with Crippen LogP contribution in [-0.2, 0) is 16.0 Å². The lowest BCUT2D eigenvalue weighted by Crippen LogP contribution is -2.35. The number of benzene rings is 1. The standard InChI is InChI=1S/C18H26N2O3/c1-12(2)10-23-11-14(21)9-19-18(22)8-16-13(3)20-17-7-5-4-6-15(16)17/h4-7,12,14,20-21H,8-11H2,1-3H3,(H,19,22). The van der Waals surface area contributed by atoms with Crippen molar-refractivity contribution >= 4 is 16.8 Å². The first kappa shape index (κ1) is 17.5. The van der Waals surface area contributed by atoms with E-state index in [1.54, 1.807) is 0 Å². The maximum absolute atomic E-state index is 12.1. The van der Waals surface area contributed by atoms with Crippen molar-refractivity contribution in [3.05, 3.63) is 35.5 Å². The summed E-state index contributed by atoms with van der Waals surface area (Å²) >= 11 is 0. The number of ether oxygens (including phenoxy) is 1. The van der Waals surface area contributed by atoms with E-state index in [4.69, 9.17) is 4.74 Å². The van der Waals surface area contributed by atoms with Gasteiger partial charge < -0.3 is 20.1 Å². The average Bonchev–Trinajstić information content (AvgIpc) is 2.81. The van der Waals surface area contributed by atoms with Gasteiger partial charge in [-0.1, -0.05) is 32.0 Å². The highest BCUT2D eigenvalue weighted by Crippen LogP contribution is 2.22. The Morgan fingerprint density at radius 2 is 2.04 bits per heavy atom. The summed E-state index contributed by atoms with van der Waals surface area (Å²) in [6, 6.07) is 7.94. The lowest BCUT2D eigenvalue weighted by Gasteiger charge is -2.13. The van der Waals surface area contributed by atoms with Crippen molar-refractivity contribution in [1.82, 2.24) is 10.3 Å². The molecule has 0 aliphatic carbocycles. The van der Waals surface area contributed by atoms with Gasteiger partial charge >= 0.3 is 0 Å². The Labute approximate surface area is 137 Å². The number of aliphatic hydroxyl groups excluding tert-OH is 1. The second-order valence-electron chi connectivity index (χ2n) is 6.34. The van der Waals surface area contributed by atoms with Gasteiger partial charge in [0.25, 0.3) is 0 Å². The number of carbonyl (C=O) groups excluding carboxylic acids is 1. The molecular formula is C18H26N2O3. The number of fused-ring (bicyclic) bond motifs is 1. The highest BCUT2D eigenvalue weighted by atomic mass is 16.5. The van der Waals surface area contributed by atoms with Crippen molar-refractivity contribution in [2.45, 2.75) is 33.3 Å². The molecular weight excluding hydrogens is 292 g/mol. The van der Waals surface area contributed by atoms with Gasteiger partial charge in [-0.15, -0.1) is 0 Å². The predicted octanol–water partition coefficient (Wildman–Crippen LogP) is 2.17. The first-order valence-corrected chi connectivity index (χ1v) is 8.06.